The van der Waals surface area contributed by atoms with Crippen molar-refractivity contribution < 1.29 is 4.74 Å². The summed E-state index contributed by atoms with van der Waals surface area (Å²) in [5.74, 6) is 2.59. The van der Waals surface area contributed by atoms with Gasteiger partial charge in [0.1, 0.15) is 5.75 Å². The molecule has 1 fully saturated rings. The van der Waals surface area contributed by atoms with Crippen LogP contribution >= 0.6 is 11.6 Å². The van der Waals surface area contributed by atoms with Crippen molar-refractivity contribution >= 4 is 11.6 Å². The van der Waals surface area contributed by atoms with Crippen LogP contribution in [0.25, 0.3) is 0 Å². The van der Waals surface area contributed by atoms with Crippen LogP contribution in [0.5, 0.6) is 5.75 Å². The molecule has 0 aliphatic heterocycles. The molecule has 3 unspecified atom stereocenters. The number of hydrogen-bond donors (Lipinski definition) is 1. The normalized spacial score (nSPS) is 23.8. The quantitative estimate of drug-likeness (QED) is 0.851. The molecule has 1 N–H and O–H groups in total. The maximum Gasteiger partial charge on any atom is 0.122 e. The maximum atomic E-state index is 6.08. The van der Waals surface area contributed by atoms with Crippen LogP contribution in [-0.4, -0.2) is 19.7 Å². The number of rotatable bonds is 6. The Balaban J connectivity index is 2.12. The molecule has 0 radical (unpaired) electrons. The van der Waals surface area contributed by atoms with Crippen LogP contribution < -0.4 is 10.1 Å². The molecule has 18 heavy (non-hydrogen) atoms. The molecule has 0 aromatic heterocycles. The van der Waals surface area contributed by atoms with Crippen molar-refractivity contribution in [1.82, 2.24) is 5.32 Å². The second-order valence-electron chi connectivity index (χ2n) is 5.20. The Kier molecular flexibility index (Phi) is 4.52. The molecule has 2 nitrogen and oxygen atoms in total. The third-order valence-electron chi connectivity index (χ3n) is 3.84. The average molecular weight is 268 g/mol. The summed E-state index contributed by atoms with van der Waals surface area (Å²) in [6.07, 6.45) is 2.33. The van der Waals surface area contributed by atoms with Crippen LogP contribution in [-0.2, 0) is 6.42 Å². The van der Waals surface area contributed by atoms with E-state index < -0.39 is 0 Å². The van der Waals surface area contributed by atoms with Gasteiger partial charge in [-0.05, 0) is 55.0 Å². The number of ether oxygens (including phenoxy) is 1. The molecule has 1 aromatic rings. The minimum absolute atomic E-state index is 0.539. The summed E-state index contributed by atoms with van der Waals surface area (Å²) in [7, 11) is 1.72. The van der Waals surface area contributed by atoms with Gasteiger partial charge in [-0.2, -0.15) is 0 Å². The fourth-order valence-corrected chi connectivity index (χ4v) is 2.89. The van der Waals surface area contributed by atoms with Gasteiger partial charge in [0.05, 0.1) is 7.11 Å². The number of benzene rings is 1. The first-order valence-electron chi connectivity index (χ1n) is 6.71. The third-order valence-corrected chi connectivity index (χ3v) is 4.07. The van der Waals surface area contributed by atoms with Crippen molar-refractivity contribution in [2.75, 3.05) is 13.7 Å². The number of nitrogens with one attached hydrogen (secondary N) is 1. The first kappa shape index (κ1) is 13.7. The molecule has 3 heteroatoms. The minimum atomic E-state index is 0.539. The van der Waals surface area contributed by atoms with Gasteiger partial charge in [0.2, 0.25) is 0 Å². The lowest BCUT2D eigenvalue weighted by Gasteiger charge is -2.19. The summed E-state index contributed by atoms with van der Waals surface area (Å²) in [4.78, 5) is 0. The molecule has 0 amide bonds. The first-order chi connectivity index (χ1) is 8.65. The average Bonchev–Trinajstić information content (AvgIpc) is 3.06. The van der Waals surface area contributed by atoms with Gasteiger partial charge in [-0.15, -0.1) is 0 Å². The van der Waals surface area contributed by atoms with Gasteiger partial charge in [0, 0.05) is 11.1 Å². The number of halogens is 1. The highest BCUT2D eigenvalue weighted by atomic mass is 35.5. The highest BCUT2D eigenvalue weighted by molar-refractivity contribution is 6.30. The van der Waals surface area contributed by atoms with Crippen LogP contribution in [0.15, 0.2) is 18.2 Å². The van der Waals surface area contributed by atoms with E-state index in [1.807, 2.05) is 18.2 Å². The number of likely N-dealkylation sites (N-methyl/N-ethyl adjacent to an activating group) is 1. The molecule has 1 aliphatic rings. The predicted molar refractivity (Wildman–Crippen MR) is 76.4 cm³/mol. The molecule has 2 rings (SSSR count). The van der Waals surface area contributed by atoms with Crippen molar-refractivity contribution in [3.8, 4) is 5.75 Å². The molecule has 1 aromatic carbocycles. The zero-order chi connectivity index (χ0) is 13.1. The van der Waals surface area contributed by atoms with Crippen LogP contribution in [0.3, 0.4) is 0 Å². The van der Waals surface area contributed by atoms with E-state index in [1.165, 1.54) is 12.0 Å². The van der Waals surface area contributed by atoms with E-state index in [0.29, 0.717) is 6.04 Å². The Labute approximate surface area is 115 Å². The van der Waals surface area contributed by atoms with E-state index in [2.05, 4.69) is 19.2 Å². The highest BCUT2D eigenvalue weighted by Crippen LogP contribution is 2.42. The van der Waals surface area contributed by atoms with Gasteiger partial charge in [-0.1, -0.05) is 25.4 Å². The van der Waals surface area contributed by atoms with Crippen LogP contribution in [0.4, 0.5) is 0 Å². The summed E-state index contributed by atoms with van der Waals surface area (Å²) in [5.41, 5.74) is 1.20. The van der Waals surface area contributed by atoms with Crippen molar-refractivity contribution in [3.05, 3.63) is 28.8 Å². The number of methoxy groups -OCH3 is 1. The lowest BCUT2D eigenvalue weighted by molar-refractivity contribution is 0.398. The summed E-state index contributed by atoms with van der Waals surface area (Å²) >= 11 is 6.08. The third kappa shape index (κ3) is 3.18. The Morgan fingerprint density at radius 3 is 2.78 bits per heavy atom. The SMILES string of the molecule is CCNC(Cc1cc(Cl)ccc1OC)C1CC1C. The van der Waals surface area contributed by atoms with E-state index in [9.17, 15) is 0 Å². The summed E-state index contributed by atoms with van der Waals surface area (Å²) in [6.45, 7) is 5.50. The fourth-order valence-electron chi connectivity index (χ4n) is 2.69. The summed E-state index contributed by atoms with van der Waals surface area (Å²) in [5, 5.41) is 4.38. The molecular formula is C15H22ClNO. The highest BCUT2D eigenvalue weighted by Gasteiger charge is 2.39. The van der Waals surface area contributed by atoms with Crippen molar-refractivity contribution in [1.29, 1.82) is 0 Å². The second-order valence-corrected chi connectivity index (χ2v) is 5.64. The van der Waals surface area contributed by atoms with E-state index in [0.717, 1.165) is 35.6 Å². The Morgan fingerprint density at radius 1 is 1.50 bits per heavy atom. The topological polar surface area (TPSA) is 21.3 Å². The minimum Gasteiger partial charge on any atom is -0.496 e. The standard InChI is InChI=1S/C15H22ClNO/c1-4-17-14(13-7-10(13)2)9-11-8-12(16)5-6-15(11)18-3/h5-6,8,10,13-14,17H,4,7,9H2,1-3H3. The molecule has 0 saturated heterocycles. The van der Waals surface area contributed by atoms with Crippen LogP contribution in [0.2, 0.25) is 5.02 Å². The predicted octanol–water partition coefficient (Wildman–Crippen LogP) is 3.53. The second kappa shape index (κ2) is 5.94. The lowest BCUT2D eigenvalue weighted by Crippen LogP contribution is -2.33. The molecular weight excluding hydrogens is 246 g/mol. The van der Waals surface area contributed by atoms with Gasteiger partial charge in [0.25, 0.3) is 0 Å². The van der Waals surface area contributed by atoms with Crippen molar-refractivity contribution in [2.45, 2.75) is 32.7 Å². The lowest BCUT2D eigenvalue weighted by atomic mass is 10.00. The molecule has 0 bridgehead atoms. The zero-order valence-corrected chi connectivity index (χ0v) is 12.1. The van der Waals surface area contributed by atoms with Crippen LogP contribution in [0.1, 0.15) is 25.8 Å². The summed E-state index contributed by atoms with van der Waals surface area (Å²) in [6, 6.07) is 6.40. The molecule has 1 saturated carbocycles. The summed E-state index contributed by atoms with van der Waals surface area (Å²) < 4.78 is 5.42. The van der Waals surface area contributed by atoms with Crippen molar-refractivity contribution in [2.24, 2.45) is 11.8 Å². The molecule has 1 aliphatic carbocycles. The first-order valence-corrected chi connectivity index (χ1v) is 7.09. The van der Waals surface area contributed by atoms with Gasteiger partial charge >= 0.3 is 0 Å². The molecule has 3 atom stereocenters. The Bertz CT molecular complexity index is 407. The van der Waals surface area contributed by atoms with Gasteiger partial charge < -0.3 is 10.1 Å². The molecule has 0 heterocycles. The smallest absolute Gasteiger partial charge is 0.122 e. The molecule has 0 spiro atoms. The largest absolute Gasteiger partial charge is 0.496 e. The van der Waals surface area contributed by atoms with E-state index >= 15 is 0 Å². The van der Waals surface area contributed by atoms with E-state index in [4.69, 9.17) is 16.3 Å². The fraction of sp³-hybridized carbons (Fsp3) is 0.600. The van der Waals surface area contributed by atoms with Crippen LogP contribution in [0, 0.1) is 11.8 Å². The van der Waals surface area contributed by atoms with E-state index in [-0.39, 0.29) is 0 Å². The zero-order valence-electron chi connectivity index (χ0n) is 11.4. The van der Waals surface area contributed by atoms with Gasteiger partial charge in [-0.25, -0.2) is 0 Å². The Morgan fingerprint density at radius 2 is 2.22 bits per heavy atom. The van der Waals surface area contributed by atoms with Crippen molar-refractivity contribution in [3.63, 3.8) is 0 Å². The Hall–Kier alpha value is -0.730. The monoisotopic (exact) mass is 267 g/mol. The number of hydrogen-bond acceptors (Lipinski definition) is 2. The van der Waals surface area contributed by atoms with E-state index in [1.54, 1.807) is 7.11 Å². The van der Waals surface area contributed by atoms with Gasteiger partial charge in [-0.3, -0.25) is 0 Å². The maximum absolute atomic E-state index is 6.08. The van der Waals surface area contributed by atoms with Gasteiger partial charge in [0.15, 0.2) is 0 Å². The molecule has 100 valence electrons.